The first-order chi connectivity index (χ1) is 10.1. The van der Waals surface area contributed by atoms with Crippen molar-refractivity contribution in [3.8, 4) is 0 Å². The lowest BCUT2D eigenvalue weighted by Crippen LogP contribution is -2.49. The van der Waals surface area contributed by atoms with Crippen molar-refractivity contribution < 1.29 is 4.79 Å². The molecule has 7 nitrogen and oxygen atoms in total. The number of nitrogen functional groups attached to an aromatic ring is 1. The molecular formula is C14H18N6O. The zero-order chi connectivity index (χ0) is 14.8. The number of anilines is 2. The number of pyridine rings is 1. The van der Waals surface area contributed by atoms with E-state index >= 15 is 0 Å². The molecule has 1 fully saturated rings. The standard InChI is InChI=1S/C14H18N6O/c1-18-12(15)10-11(17-18)14(21)20-8-6-19(7-9-20)13-4-2-3-5-16-13/h2-5,10H,6-9,15H2,1H3. The normalized spacial score (nSPS) is 15.3. The Labute approximate surface area is 123 Å². The molecule has 7 heteroatoms. The third-order valence-electron chi connectivity index (χ3n) is 3.68. The van der Waals surface area contributed by atoms with Gasteiger partial charge < -0.3 is 15.5 Å². The smallest absolute Gasteiger partial charge is 0.274 e. The van der Waals surface area contributed by atoms with Crippen LogP contribution in [0.1, 0.15) is 10.5 Å². The monoisotopic (exact) mass is 286 g/mol. The number of piperazine rings is 1. The Morgan fingerprint density at radius 2 is 2.00 bits per heavy atom. The summed E-state index contributed by atoms with van der Waals surface area (Å²) in [5.41, 5.74) is 6.12. The molecule has 1 aliphatic rings. The van der Waals surface area contributed by atoms with Crippen LogP contribution in [0.3, 0.4) is 0 Å². The van der Waals surface area contributed by atoms with Crippen LogP contribution in [0.5, 0.6) is 0 Å². The van der Waals surface area contributed by atoms with Gasteiger partial charge >= 0.3 is 0 Å². The van der Waals surface area contributed by atoms with Crippen LogP contribution >= 0.6 is 0 Å². The lowest BCUT2D eigenvalue weighted by molar-refractivity contribution is 0.0740. The number of nitrogens with two attached hydrogens (primary N) is 1. The van der Waals surface area contributed by atoms with Crippen LogP contribution in [-0.4, -0.2) is 51.8 Å². The Morgan fingerprint density at radius 3 is 2.57 bits per heavy atom. The maximum absolute atomic E-state index is 12.4. The Hall–Kier alpha value is -2.57. The van der Waals surface area contributed by atoms with E-state index in [0.29, 0.717) is 24.6 Å². The summed E-state index contributed by atoms with van der Waals surface area (Å²) in [5.74, 6) is 1.38. The number of hydrogen-bond acceptors (Lipinski definition) is 5. The molecule has 1 aliphatic heterocycles. The highest BCUT2D eigenvalue weighted by Crippen LogP contribution is 2.14. The average molecular weight is 286 g/mol. The first kappa shape index (κ1) is 13.4. The zero-order valence-electron chi connectivity index (χ0n) is 11.9. The fourth-order valence-corrected chi connectivity index (χ4v) is 2.43. The lowest BCUT2D eigenvalue weighted by Gasteiger charge is -2.35. The van der Waals surface area contributed by atoms with Crippen molar-refractivity contribution in [3.05, 3.63) is 36.2 Å². The van der Waals surface area contributed by atoms with Crippen molar-refractivity contribution in [3.63, 3.8) is 0 Å². The molecule has 0 aliphatic carbocycles. The van der Waals surface area contributed by atoms with E-state index in [0.717, 1.165) is 18.9 Å². The number of nitrogens with zero attached hydrogens (tertiary/aromatic N) is 5. The van der Waals surface area contributed by atoms with Gasteiger partial charge in [0.05, 0.1) is 0 Å². The van der Waals surface area contributed by atoms with Gasteiger partial charge in [-0.1, -0.05) is 6.07 Å². The number of rotatable bonds is 2. The highest BCUT2D eigenvalue weighted by molar-refractivity contribution is 5.93. The summed E-state index contributed by atoms with van der Waals surface area (Å²) in [6.07, 6.45) is 1.78. The van der Waals surface area contributed by atoms with Crippen molar-refractivity contribution in [1.29, 1.82) is 0 Å². The number of carbonyl (C=O) groups is 1. The van der Waals surface area contributed by atoms with E-state index in [2.05, 4.69) is 15.0 Å². The molecule has 0 spiro atoms. The second-order valence-electron chi connectivity index (χ2n) is 5.05. The van der Waals surface area contributed by atoms with Crippen molar-refractivity contribution >= 4 is 17.5 Å². The molecule has 2 aromatic heterocycles. The molecule has 0 unspecified atom stereocenters. The molecule has 0 saturated carbocycles. The maximum Gasteiger partial charge on any atom is 0.274 e. The van der Waals surface area contributed by atoms with Crippen molar-refractivity contribution in [1.82, 2.24) is 19.7 Å². The minimum Gasteiger partial charge on any atom is -0.384 e. The van der Waals surface area contributed by atoms with E-state index < -0.39 is 0 Å². The maximum atomic E-state index is 12.4. The van der Waals surface area contributed by atoms with E-state index in [4.69, 9.17) is 5.73 Å². The van der Waals surface area contributed by atoms with Crippen LogP contribution in [-0.2, 0) is 7.05 Å². The third kappa shape index (κ3) is 2.67. The predicted octanol–water partition coefficient (Wildman–Crippen LogP) is 0.360. The molecule has 21 heavy (non-hydrogen) atoms. The molecule has 2 N–H and O–H groups in total. The van der Waals surface area contributed by atoms with Crippen molar-refractivity contribution in [2.45, 2.75) is 0 Å². The second kappa shape index (κ2) is 5.43. The van der Waals surface area contributed by atoms with Crippen molar-refractivity contribution in [2.75, 3.05) is 36.8 Å². The fourth-order valence-electron chi connectivity index (χ4n) is 2.43. The molecule has 3 heterocycles. The average Bonchev–Trinajstić information content (AvgIpc) is 2.87. The fraction of sp³-hybridized carbons (Fsp3) is 0.357. The minimum atomic E-state index is -0.0667. The number of carbonyl (C=O) groups excluding carboxylic acids is 1. The van der Waals surface area contributed by atoms with Gasteiger partial charge in [0.25, 0.3) is 5.91 Å². The van der Waals surface area contributed by atoms with Crippen LogP contribution in [0.2, 0.25) is 0 Å². The quantitative estimate of drug-likeness (QED) is 0.862. The number of hydrogen-bond donors (Lipinski definition) is 1. The highest BCUT2D eigenvalue weighted by atomic mass is 16.2. The Balaban J connectivity index is 1.64. The summed E-state index contributed by atoms with van der Waals surface area (Å²) >= 11 is 0. The second-order valence-corrected chi connectivity index (χ2v) is 5.05. The Bertz CT molecular complexity index is 611. The van der Waals surface area contributed by atoms with E-state index in [9.17, 15) is 4.79 Å². The van der Waals surface area contributed by atoms with Crippen LogP contribution in [0.15, 0.2) is 30.5 Å². The van der Waals surface area contributed by atoms with E-state index in [-0.39, 0.29) is 5.91 Å². The van der Waals surface area contributed by atoms with Crippen LogP contribution in [0.25, 0.3) is 0 Å². The molecule has 1 saturated heterocycles. The lowest BCUT2D eigenvalue weighted by atomic mass is 10.2. The number of aromatic nitrogens is 3. The van der Waals surface area contributed by atoms with E-state index in [1.165, 1.54) is 4.68 Å². The molecule has 3 rings (SSSR count). The molecular weight excluding hydrogens is 268 g/mol. The van der Waals surface area contributed by atoms with Crippen LogP contribution in [0, 0.1) is 0 Å². The van der Waals surface area contributed by atoms with E-state index in [1.54, 1.807) is 24.2 Å². The summed E-state index contributed by atoms with van der Waals surface area (Å²) in [4.78, 5) is 20.7. The summed E-state index contributed by atoms with van der Waals surface area (Å²) in [6, 6.07) is 7.47. The van der Waals surface area contributed by atoms with E-state index in [1.807, 2.05) is 18.2 Å². The molecule has 0 radical (unpaired) electrons. The van der Waals surface area contributed by atoms with Gasteiger partial charge in [-0.3, -0.25) is 9.48 Å². The minimum absolute atomic E-state index is 0.0667. The Kier molecular flexibility index (Phi) is 3.47. The van der Waals surface area contributed by atoms with Gasteiger partial charge in [-0.2, -0.15) is 5.10 Å². The number of aryl methyl sites for hydroxylation is 1. The summed E-state index contributed by atoms with van der Waals surface area (Å²) < 4.78 is 1.51. The van der Waals surface area contributed by atoms with Gasteiger partial charge in [0.2, 0.25) is 0 Å². The molecule has 0 atom stereocenters. The summed E-state index contributed by atoms with van der Waals surface area (Å²) in [6.45, 7) is 2.86. The van der Waals surface area contributed by atoms with Gasteiger partial charge in [-0.15, -0.1) is 0 Å². The molecule has 1 amide bonds. The summed E-state index contributed by atoms with van der Waals surface area (Å²) in [5, 5.41) is 4.14. The molecule has 2 aromatic rings. The molecule has 110 valence electrons. The number of amides is 1. The largest absolute Gasteiger partial charge is 0.384 e. The zero-order valence-corrected chi connectivity index (χ0v) is 11.9. The van der Waals surface area contributed by atoms with Gasteiger partial charge in [0, 0.05) is 45.5 Å². The van der Waals surface area contributed by atoms with Crippen LogP contribution in [0.4, 0.5) is 11.6 Å². The van der Waals surface area contributed by atoms with Gasteiger partial charge in [-0.25, -0.2) is 4.98 Å². The topological polar surface area (TPSA) is 80.3 Å². The third-order valence-corrected chi connectivity index (χ3v) is 3.68. The molecule has 0 bridgehead atoms. The SMILES string of the molecule is Cn1nc(C(=O)N2CCN(c3ccccn3)CC2)cc1N. The summed E-state index contributed by atoms with van der Waals surface area (Å²) in [7, 11) is 1.73. The van der Waals surface area contributed by atoms with Crippen LogP contribution < -0.4 is 10.6 Å². The Morgan fingerprint density at radius 1 is 1.24 bits per heavy atom. The first-order valence-corrected chi connectivity index (χ1v) is 6.90. The highest BCUT2D eigenvalue weighted by Gasteiger charge is 2.24. The van der Waals surface area contributed by atoms with Gasteiger partial charge in [0.15, 0.2) is 5.69 Å². The first-order valence-electron chi connectivity index (χ1n) is 6.90. The van der Waals surface area contributed by atoms with Gasteiger partial charge in [-0.05, 0) is 12.1 Å². The van der Waals surface area contributed by atoms with Gasteiger partial charge in [0.1, 0.15) is 11.6 Å². The molecule has 0 aromatic carbocycles. The van der Waals surface area contributed by atoms with Crippen molar-refractivity contribution in [2.24, 2.45) is 7.05 Å². The predicted molar refractivity (Wildman–Crippen MR) is 80.0 cm³/mol.